The summed E-state index contributed by atoms with van der Waals surface area (Å²) in [6.45, 7) is 2.24. The minimum absolute atomic E-state index is 1.32. The number of allylic oxidation sites excluding steroid dienone is 1. The Morgan fingerprint density at radius 1 is 1.71 bits per heavy atom. The van der Waals surface area contributed by atoms with Gasteiger partial charge in [0.25, 0.3) is 0 Å². The molecule has 0 bridgehead atoms. The van der Waals surface area contributed by atoms with Crippen molar-refractivity contribution >= 4 is 7.28 Å². The first kappa shape index (κ1) is 4.95. The average molecular weight is 94.0 g/mol. The summed E-state index contributed by atoms with van der Waals surface area (Å²) in [6.07, 6.45) is 4.11. The fourth-order valence-corrected chi connectivity index (χ4v) is 0.680. The van der Waals surface area contributed by atoms with Crippen LogP contribution in [-0.2, 0) is 0 Å². The van der Waals surface area contributed by atoms with Gasteiger partial charge >= 0.3 is 0 Å². The van der Waals surface area contributed by atoms with Gasteiger partial charge in [0.05, 0.1) is 0 Å². The zero-order valence-electron chi connectivity index (χ0n) is 4.91. The quantitative estimate of drug-likeness (QED) is 0.464. The first-order valence-corrected chi connectivity index (χ1v) is 3.11. The lowest BCUT2D eigenvalue weighted by Crippen LogP contribution is -1.70. The minimum Gasteiger partial charge on any atom is -0.123 e. The van der Waals surface area contributed by atoms with Crippen LogP contribution >= 0.6 is 0 Å². The summed E-state index contributed by atoms with van der Waals surface area (Å²) < 4.78 is 0. The first-order chi connectivity index (χ1) is 3.43. The molecule has 1 aliphatic rings. The molecule has 0 radical (unpaired) electrons. The fraction of sp³-hybridized carbons (Fsp3) is 0.667. The summed E-state index contributed by atoms with van der Waals surface area (Å²) in [6, 6.07) is 0. The molecule has 1 rings (SSSR count). The smallest absolute Gasteiger partial charge is 0.123 e. The third-order valence-corrected chi connectivity index (χ3v) is 1.34. The number of unbranched alkanes of at least 4 members (excludes halogenated alkanes) is 1. The van der Waals surface area contributed by atoms with Crippen molar-refractivity contribution in [2.24, 2.45) is 0 Å². The summed E-state index contributed by atoms with van der Waals surface area (Å²) in [7, 11) is 1.32. The molecule has 0 fully saturated rings. The molecule has 0 aromatic heterocycles. The third kappa shape index (κ3) is 1.81. The van der Waals surface area contributed by atoms with Gasteiger partial charge in [-0.25, -0.2) is 0 Å². The van der Waals surface area contributed by atoms with Gasteiger partial charge in [-0.05, 0) is 6.42 Å². The van der Waals surface area contributed by atoms with Crippen molar-refractivity contribution < 1.29 is 0 Å². The van der Waals surface area contributed by atoms with Gasteiger partial charge in [-0.3, -0.25) is 0 Å². The van der Waals surface area contributed by atoms with Gasteiger partial charge in [-0.2, -0.15) is 0 Å². The second-order valence-electron chi connectivity index (χ2n) is 2.17. The van der Waals surface area contributed by atoms with E-state index < -0.39 is 0 Å². The molecule has 0 aromatic carbocycles. The van der Waals surface area contributed by atoms with Crippen molar-refractivity contribution in [2.75, 3.05) is 0 Å². The lowest BCUT2D eigenvalue weighted by molar-refractivity contribution is 0.812. The molecule has 0 saturated heterocycles. The maximum Gasteiger partial charge on any atom is 0.175 e. The van der Waals surface area contributed by atoms with Gasteiger partial charge in [-0.15, -0.1) is 11.4 Å². The van der Waals surface area contributed by atoms with E-state index in [9.17, 15) is 0 Å². The van der Waals surface area contributed by atoms with Gasteiger partial charge in [-0.1, -0.05) is 19.8 Å². The molecule has 38 valence electrons. The fourth-order valence-electron chi connectivity index (χ4n) is 0.680. The van der Waals surface area contributed by atoms with E-state index in [2.05, 4.69) is 12.9 Å². The Hall–Kier alpha value is -0.195. The summed E-state index contributed by atoms with van der Waals surface area (Å²) in [5.41, 5.74) is 1.68. The largest absolute Gasteiger partial charge is 0.175 e. The molecule has 1 aliphatic heterocycles. The molecule has 0 aromatic rings. The molecular formula is C6H11B. The second kappa shape index (κ2) is 2.20. The topological polar surface area (TPSA) is 0 Å². The van der Waals surface area contributed by atoms with Crippen LogP contribution in [0.3, 0.4) is 0 Å². The van der Waals surface area contributed by atoms with E-state index >= 15 is 0 Å². The lowest BCUT2D eigenvalue weighted by atomic mass is 9.94. The predicted octanol–water partition coefficient (Wildman–Crippen LogP) is 1.47. The summed E-state index contributed by atoms with van der Waals surface area (Å²) >= 11 is 0. The molecule has 0 amide bonds. The highest BCUT2D eigenvalue weighted by atomic mass is 13.9. The molecule has 0 N–H and O–H groups in total. The molecule has 0 aliphatic carbocycles. The highest BCUT2D eigenvalue weighted by molar-refractivity contribution is 6.63. The number of hydrogen-bond acceptors (Lipinski definition) is 0. The van der Waals surface area contributed by atoms with Crippen LogP contribution in [0.15, 0.2) is 11.4 Å². The molecule has 0 unspecified atom stereocenters. The third-order valence-electron chi connectivity index (χ3n) is 1.34. The first-order valence-electron chi connectivity index (χ1n) is 3.11. The van der Waals surface area contributed by atoms with Crippen LogP contribution in [0, 0.1) is 0 Å². The van der Waals surface area contributed by atoms with Crippen molar-refractivity contribution in [3.05, 3.63) is 11.4 Å². The second-order valence-corrected chi connectivity index (χ2v) is 2.17. The normalized spacial score (nSPS) is 15.3. The predicted molar refractivity (Wildman–Crippen MR) is 34.8 cm³/mol. The van der Waals surface area contributed by atoms with Crippen LogP contribution in [0.1, 0.15) is 26.2 Å². The summed E-state index contributed by atoms with van der Waals surface area (Å²) in [5.74, 6) is 2.32. The number of rotatable bonds is 3. The molecule has 7 heavy (non-hydrogen) atoms. The van der Waals surface area contributed by atoms with E-state index in [1.54, 1.807) is 5.47 Å². The summed E-state index contributed by atoms with van der Waals surface area (Å²) in [4.78, 5) is 0. The Balaban J connectivity index is 1.89. The number of hydrogen-bond donors (Lipinski definition) is 0. The van der Waals surface area contributed by atoms with Crippen molar-refractivity contribution in [1.82, 2.24) is 0 Å². The van der Waals surface area contributed by atoms with E-state index in [1.807, 2.05) is 0 Å². The average Bonchev–Trinajstić information content (AvgIpc) is 2.42. The molecule has 0 saturated carbocycles. The van der Waals surface area contributed by atoms with Crippen LogP contribution in [0.5, 0.6) is 0 Å². The van der Waals surface area contributed by atoms with Gasteiger partial charge in [0.1, 0.15) is 0 Å². The molecule has 0 atom stereocenters. The van der Waals surface area contributed by atoms with Crippen molar-refractivity contribution in [2.45, 2.75) is 26.2 Å². The summed E-state index contributed by atoms with van der Waals surface area (Å²) in [5, 5.41) is 0. The van der Waals surface area contributed by atoms with Crippen LogP contribution in [0.2, 0.25) is 0 Å². The highest BCUT2D eigenvalue weighted by Crippen LogP contribution is 2.14. The van der Waals surface area contributed by atoms with Gasteiger partial charge in [0.2, 0.25) is 0 Å². The lowest BCUT2D eigenvalue weighted by Gasteiger charge is -1.86. The van der Waals surface area contributed by atoms with Crippen LogP contribution in [0.25, 0.3) is 0 Å². The maximum atomic E-state index is 2.32. The maximum absolute atomic E-state index is 2.32. The van der Waals surface area contributed by atoms with Gasteiger partial charge in [0.15, 0.2) is 7.28 Å². The van der Waals surface area contributed by atoms with Crippen LogP contribution in [0.4, 0.5) is 0 Å². The van der Waals surface area contributed by atoms with E-state index in [0.29, 0.717) is 0 Å². The monoisotopic (exact) mass is 94.1 g/mol. The molecular weight excluding hydrogens is 82.9 g/mol. The van der Waals surface area contributed by atoms with Crippen LogP contribution in [-0.4, -0.2) is 7.28 Å². The van der Waals surface area contributed by atoms with Crippen LogP contribution < -0.4 is 0 Å². The van der Waals surface area contributed by atoms with E-state index in [-0.39, 0.29) is 0 Å². The Labute approximate surface area is 45.9 Å². The molecule has 0 nitrogen and oxygen atoms in total. The van der Waals surface area contributed by atoms with Gasteiger partial charge < -0.3 is 0 Å². The van der Waals surface area contributed by atoms with Crippen molar-refractivity contribution in [3.63, 3.8) is 0 Å². The highest BCUT2D eigenvalue weighted by Gasteiger charge is 2.06. The SMILES string of the molecule is CCCCC1=CB1. The zero-order valence-corrected chi connectivity index (χ0v) is 4.91. The zero-order chi connectivity index (χ0) is 5.11. The van der Waals surface area contributed by atoms with Crippen molar-refractivity contribution in [3.8, 4) is 0 Å². The van der Waals surface area contributed by atoms with E-state index in [1.165, 1.54) is 26.5 Å². The Morgan fingerprint density at radius 2 is 2.43 bits per heavy atom. The Bertz CT molecular complexity index is 84.2. The van der Waals surface area contributed by atoms with E-state index in [4.69, 9.17) is 0 Å². The molecule has 1 heteroatoms. The van der Waals surface area contributed by atoms with E-state index in [0.717, 1.165) is 0 Å². The Morgan fingerprint density at radius 3 is 2.86 bits per heavy atom. The standard InChI is InChI=1S/C6H11B/c1-2-3-4-6-5-7-6/h5,7H,2-4H2,1H3. The Kier molecular flexibility index (Phi) is 1.56. The minimum atomic E-state index is 1.32. The van der Waals surface area contributed by atoms with Gasteiger partial charge in [0, 0.05) is 0 Å². The molecule has 1 heterocycles. The van der Waals surface area contributed by atoms with Crippen molar-refractivity contribution in [1.29, 1.82) is 0 Å². The molecule has 0 spiro atoms.